The van der Waals surface area contributed by atoms with Crippen molar-refractivity contribution in [3.63, 3.8) is 0 Å². The Bertz CT molecular complexity index is 2900. The van der Waals surface area contributed by atoms with Crippen LogP contribution >= 0.6 is 0 Å². The molecule has 0 bridgehead atoms. The highest BCUT2D eigenvalue weighted by atomic mass is 28.3. The number of rotatable bonds is 6. The van der Waals surface area contributed by atoms with E-state index in [0.29, 0.717) is 0 Å². The lowest BCUT2D eigenvalue weighted by atomic mass is 9.33. The van der Waals surface area contributed by atoms with Gasteiger partial charge in [0, 0.05) is 45.2 Å². The van der Waals surface area contributed by atoms with Crippen LogP contribution in [0.4, 0.5) is 45.5 Å². The average molecular weight is 932 g/mol. The molecule has 1 saturated carbocycles. The van der Waals surface area contributed by atoms with Crippen LogP contribution in [0.1, 0.15) is 124 Å². The van der Waals surface area contributed by atoms with Crippen molar-refractivity contribution < 1.29 is 0 Å². The quantitative estimate of drug-likeness (QED) is 0.154. The van der Waals surface area contributed by atoms with E-state index in [0.717, 1.165) is 6.42 Å². The fraction of sp³-hybridized carbons (Fsp3) is 0.419. The summed E-state index contributed by atoms with van der Waals surface area (Å²) in [5, 5.41) is 2.96. The Morgan fingerprint density at radius 2 is 1.00 bits per heavy atom. The molecule has 2 atom stereocenters. The predicted molar refractivity (Wildman–Crippen MR) is 305 cm³/mol. The molecule has 1 fully saturated rings. The summed E-state index contributed by atoms with van der Waals surface area (Å²) in [6, 6.07) is 46.8. The highest BCUT2D eigenvalue weighted by molar-refractivity contribution is 7.00. The average Bonchev–Trinajstić information content (AvgIpc) is 3.47. The van der Waals surface area contributed by atoms with Crippen LogP contribution in [0.3, 0.4) is 0 Å². The molecule has 10 rings (SSSR count). The Morgan fingerprint density at radius 1 is 0.500 bits per heavy atom. The third-order valence-corrected chi connectivity index (χ3v) is 21.1. The predicted octanol–water partition coefficient (Wildman–Crippen LogP) is 14.5. The van der Waals surface area contributed by atoms with Gasteiger partial charge in [0.1, 0.15) is 0 Å². The summed E-state index contributed by atoms with van der Waals surface area (Å²) in [7, 11) is -3.08. The van der Waals surface area contributed by atoms with Crippen LogP contribution in [-0.2, 0) is 21.7 Å². The van der Waals surface area contributed by atoms with E-state index in [9.17, 15) is 0 Å². The molecule has 1 aliphatic carbocycles. The van der Waals surface area contributed by atoms with Gasteiger partial charge in [-0.1, -0.05) is 192 Å². The van der Waals surface area contributed by atoms with Gasteiger partial charge in [0.25, 0.3) is 6.71 Å². The zero-order chi connectivity index (χ0) is 48.9. The van der Waals surface area contributed by atoms with Gasteiger partial charge in [-0.15, -0.1) is 0 Å². The molecule has 0 N–H and O–H groups in total. The maximum atomic E-state index is 2.92. The van der Waals surface area contributed by atoms with E-state index in [1.807, 2.05) is 0 Å². The van der Waals surface area contributed by atoms with Crippen molar-refractivity contribution in [2.45, 2.75) is 168 Å². The zero-order valence-corrected chi connectivity index (χ0v) is 46.7. The van der Waals surface area contributed by atoms with Crippen LogP contribution in [0, 0.1) is 0 Å². The van der Waals surface area contributed by atoms with Gasteiger partial charge in [0.15, 0.2) is 0 Å². The van der Waals surface area contributed by atoms with Crippen molar-refractivity contribution in [2.24, 2.45) is 0 Å². The van der Waals surface area contributed by atoms with E-state index in [2.05, 4.69) is 245 Å². The van der Waals surface area contributed by atoms with Gasteiger partial charge in [-0.05, 0) is 129 Å². The number of benzene rings is 6. The summed E-state index contributed by atoms with van der Waals surface area (Å²) in [5.41, 5.74) is 20.2. The van der Waals surface area contributed by atoms with Crippen molar-refractivity contribution in [2.75, 3.05) is 14.7 Å². The van der Waals surface area contributed by atoms with Gasteiger partial charge < -0.3 is 14.7 Å². The molecule has 6 aromatic rings. The minimum atomic E-state index is -1.54. The summed E-state index contributed by atoms with van der Waals surface area (Å²) in [6.45, 7) is 41.4. The van der Waals surface area contributed by atoms with Crippen molar-refractivity contribution in [1.29, 1.82) is 0 Å². The van der Waals surface area contributed by atoms with E-state index in [1.165, 1.54) is 108 Å². The van der Waals surface area contributed by atoms with Gasteiger partial charge in [0.2, 0.25) is 0 Å². The smallest absolute Gasteiger partial charge is 0.252 e. The summed E-state index contributed by atoms with van der Waals surface area (Å²) in [4.78, 5) is 8.14. The monoisotopic (exact) mass is 932 g/mol. The Hall–Kier alpha value is -4.78. The van der Waals surface area contributed by atoms with E-state index in [1.54, 1.807) is 5.56 Å². The van der Waals surface area contributed by atoms with Crippen LogP contribution in [0.5, 0.6) is 0 Å². The SMILES string of the molecule is CC(C)(C)c1ccc(N2c3ccc(C(C)(C)C)cc3B3c4cc(C(C)(C)C)cc5c4N(c4cc(N(c6ccc([Si](C)(C)C)cc6)c6ccc([Si](C)(C)C)cc6)cc2c43)C2(C)CCCCC52C)cc1. The molecule has 0 aromatic heterocycles. The Morgan fingerprint density at radius 3 is 1.53 bits per heavy atom. The molecule has 68 heavy (non-hydrogen) atoms. The van der Waals surface area contributed by atoms with Crippen molar-refractivity contribution >= 4 is 95.1 Å². The Labute approximate surface area is 413 Å². The van der Waals surface area contributed by atoms with Gasteiger partial charge in [-0.25, -0.2) is 0 Å². The maximum Gasteiger partial charge on any atom is 0.252 e. The zero-order valence-electron chi connectivity index (χ0n) is 44.7. The molecule has 4 aliphatic rings. The lowest BCUT2D eigenvalue weighted by Crippen LogP contribution is -2.64. The molecule has 2 unspecified atom stereocenters. The number of hydrogen-bond donors (Lipinski definition) is 0. The first-order chi connectivity index (χ1) is 31.6. The molecule has 3 heterocycles. The van der Waals surface area contributed by atoms with Crippen LogP contribution in [0.25, 0.3) is 0 Å². The summed E-state index contributed by atoms with van der Waals surface area (Å²) in [6.07, 6.45) is 4.87. The van der Waals surface area contributed by atoms with E-state index in [-0.39, 0.29) is 33.9 Å². The maximum absolute atomic E-state index is 2.92. The largest absolute Gasteiger partial charge is 0.335 e. The van der Waals surface area contributed by atoms with Gasteiger partial charge >= 0.3 is 0 Å². The van der Waals surface area contributed by atoms with Crippen LogP contribution in [-0.4, -0.2) is 28.4 Å². The minimum absolute atomic E-state index is 0.00447. The molecule has 352 valence electrons. The highest BCUT2D eigenvalue weighted by Gasteiger charge is 2.61. The first-order valence-corrected chi connectivity index (χ1v) is 32.8. The fourth-order valence-electron chi connectivity index (χ4n) is 12.4. The number of anilines is 8. The third-order valence-electron chi connectivity index (χ3n) is 17.0. The first-order valence-electron chi connectivity index (χ1n) is 25.8. The molecule has 3 nitrogen and oxygen atoms in total. The van der Waals surface area contributed by atoms with Gasteiger partial charge in [0.05, 0.1) is 27.4 Å². The fourth-order valence-corrected chi connectivity index (χ4v) is 14.7. The molecular weight excluding hydrogens is 854 g/mol. The number of nitrogens with zero attached hydrogens (tertiary/aromatic N) is 3. The molecular formula is C62H78BN3Si2. The normalized spacial score (nSPS) is 19.9. The second-order valence-electron chi connectivity index (χ2n) is 26.8. The third kappa shape index (κ3) is 7.31. The van der Waals surface area contributed by atoms with E-state index < -0.39 is 16.1 Å². The highest BCUT2D eigenvalue weighted by Crippen LogP contribution is 2.62. The number of hydrogen-bond acceptors (Lipinski definition) is 3. The molecule has 0 saturated heterocycles. The summed E-state index contributed by atoms with van der Waals surface area (Å²) >= 11 is 0. The second kappa shape index (κ2) is 15.4. The van der Waals surface area contributed by atoms with Crippen molar-refractivity contribution in [3.8, 4) is 0 Å². The lowest BCUT2D eigenvalue weighted by Gasteiger charge is -2.53. The minimum Gasteiger partial charge on any atom is -0.335 e. The topological polar surface area (TPSA) is 9.72 Å². The lowest BCUT2D eigenvalue weighted by molar-refractivity contribution is 0.195. The van der Waals surface area contributed by atoms with Crippen LogP contribution in [0.15, 0.2) is 115 Å². The molecule has 6 aromatic carbocycles. The Balaban J connectivity index is 1.34. The second-order valence-corrected chi connectivity index (χ2v) is 36.9. The molecule has 3 aliphatic heterocycles. The summed E-state index contributed by atoms with van der Waals surface area (Å²) in [5.74, 6) is 0. The Kier molecular flexibility index (Phi) is 10.6. The van der Waals surface area contributed by atoms with Crippen molar-refractivity contribution in [1.82, 2.24) is 0 Å². The number of fused-ring (bicyclic) bond motifs is 7. The first kappa shape index (κ1) is 46.9. The molecule has 0 spiro atoms. The van der Waals surface area contributed by atoms with Gasteiger partial charge in [-0.3, -0.25) is 0 Å². The van der Waals surface area contributed by atoms with Crippen molar-refractivity contribution in [3.05, 3.63) is 138 Å². The standard InChI is InChI=1S/C62H78BN3Si2/c1-58(2,3)41-20-23-46(24-21-41)65-53-33-22-42(59(4,5)6)37-51(53)63-52-38-43(60(7,8)9)36-50-57(52)66(62(11)35-19-18-34-61(50,62)10)55-40-47(39-54(65)56(55)63)64(44-25-29-48(30-26-44)67(12,13)14)45-27-31-49(32-28-45)68(15,16)17/h20-33,36-40H,18-19,34-35H2,1-17H3. The molecule has 0 amide bonds. The summed E-state index contributed by atoms with van der Waals surface area (Å²) < 4.78 is 0. The van der Waals surface area contributed by atoms with E-state index in [4.69, 9.17) is 0 Å². The van der Waals surface area contributed by atoms with Crippen LogP contribution in [0.2, 0.25) is 39.3 Å². The molecule has 0 radical (unpaired) electrons. The van der Waals surface area contributed by atoms with Gasteiger partial charge in [-0.2, -0.15) is 0 Å². The van der Waals surface area contributed by atoms with E-state index >= 15 is 0 Å². The molecule has 6 heteroatoms. The van der Waals surface area contributed by atoms with Crippen LogP contribution < -0.4 is 41.5 Å².